The summed E-state index contributed by atoms with van der Waals surface area (Å²) in [4.78, 5) is 6.78. The molecular formula is C17H19N5O. The Balaban J connectivity index is 1.82. The van der Waals surface area contributed by atoms with E-state index in [1.165, 1.54) is 0 Å². The van der Waals surface area contributed by atoms with Crippen molar-refractivity contribution in [3.8, 4) is 17.0 Å². The third-order valence-electron chi connectivity index (χ3n) is 4.28. The molecular weight excluding hydrogens is 290 g/mol. The molecule has 1 aromatic carbocycles. The summed E-state index contributed by atoms with van der Waals surface area (Å²) in [6.45, 7) is 1.77. The van der Waals surface area contributed by atoms with Crippen LogP contribution in [0.2, 0.25) is 0 Å². The van der Waals surface area contributed by atoms with Crippen LogP contribution in [-0.4, -0.2) is 40.8 Å². The highest BCUT2D eigenvalue weighted by Gasteiger charge is 2.23. The van der Waals surface area contributed by atoms with Crippen LogP contribution < -0.4 is 15.4 Å². The van der Waals surface area contributed by atoms with Crippen LogP contribution in [0, 0.1) is 0 Å². The van der Waals surface area contributed by atoms with Gasteiger partial charge in [0.25, 0.3) is 0 Å². The maximum Gasteiger partial charge on any atom is 0.154 e. The largest absolute Gasteiger partial charge is 0.496 e. The zero-order valence-corrected chi connectivity index (χ0v) is 13.0. The van der Waals surface area contributed by atoms with E-state index in [1.807, 2.05) is 35.0 Å². The lowest BCUT2D eigenvalue weighted by atomic mass is 10.1. The first-order valence-electron chi connectivity index (χ1n) is 7.74. The van der Waals surface area contributed by atoms with E-state index in [0.717, 1.165) is 47.9 Å². The van der Waals surface area contributed by atoms with Crippen LogP contribution in [0.5, 0.6) is 5.75 Å². The molecule has 0 amide bonds. The Kier molecular flexibility index (Phi) is 3.38. The van der Waals surface area contributed by atoms with Crippen molar-refractivity contribution in [3.63, 3.8) is 0 Å². The van der Waals surface area contributed by atoms with E-state index in [2.05, 4.69) is 21.0 Å². The molecule has 0 radical (unpaired) electrons. The molecule has 6 nitrogen and oxygen atoms in total. The topological polar surface area (TPSA) is 68.7 Å². The second-order valence-electron chi connectivity index (χ2n) is 5.81. The lowest BCUT2D eigenvalue weighted by molar-refractivity contribution is 0.416. The number of aromatic nitrogens is 3. The van der Waals surface area contributed by atoms with Crippen molar-refractivity contribution in [2.45, 2.75) is 12.5 Å². The van der Waals surface area contributed by atoms with Gasteiger partial charge in [-0.1, -0.05) is 12.1 Å². The molecule has 118 valence electrons. The highest BCUT2D eigenvalue weighted by molar-refractivity contribution is 5.77. The first kappa shape index (κ1) is 14.0. The number of anilines is 1. The first-order valence-corrected chi connectivity index (χ1v) is 7.74. The molecule has 1 atom stereocenters. The quantitative estimate of drug-likeness (QED) is 0.801. The van der Waals surface area contributed by atoms with E-state index in [0.29, 0.717) is 0 Å². The fourth-order valence-corrected chi connectivity index (χ4v) is 3.12. The number of para-hydroxylation sites is 1. The van der Waals surface area contributed by atoms with Gasteiger partial charge in [-0.25, -0.2) is 9.50 Å². The van der Waals surface area contributed by atoms with Crippen molar-refractivity contribution < 1.29 is 4.74 Å². The Morgan fingerprint density at radius 1 is 1.30 bits per heavy atom. The second-order valence-corrected chi connectivity index (χ2v) is 5.81. The Labute approximate surface area is 134 Å². The van der Waals surface area contributed by atoms with Gasteiger partial charge >= 0.3 is 0 Å². The van der Waals surface area contributed by atoms with E-state index in [1.54, 1.807) is 13.3 Å². The van der Waals surface area contributed by atoms with Gasteiger partial charge in [-0.2, -0.15) is 5.10 Å². The average Bonchev–Trinajstić information content (AvgIpc) is 3.20. The van der Waals surface area contributed by atoms with Gasteiger partial charge in [0.1, 0.15) is 11.3 Å². The number of nitrogens with two attached hydrogens (primary N) is 1. The van der Waals surface area contributed by atoms with Crippen molar-refractivity contribution in [1.82, 2.24) is 14.6 Å². The zero-order chi connectivity index (χ0) is 15.8. The van der Waals surface area contributed by atoms with Crippen molar-refractivity contribution in [1.29, 1.82) is 0 Å². The van der Waals surface area contributed by atoms with E-state index < -0.39 is 0 Å². The summed E-state index contributed by atoms with van der Waals surface area (Å²) in [7, 11) is 1.67. The van der Waals surface area contributed by atoms with Crippen LogP contribution in [0.4, 0.5) is 5.82 Å². The predicted octanol–water partition coefficient (Wildman–Crippen LogP) is 1.94. The smallest absolute Gasteiger partial charge is 0.154 e. The Hall–Kier alpha value is -2.60. The summed E-state index contributed by atoms with van der Waals surface area (Å²) in [5.74, 6) is 1.75. The molecule has 3 aromatic rings. The Morgan fingerprint density at radius 2 is 2.17 bits per heavy atom. The fraction of sp³-hybridized carbons (Fsp3) is 0.294. The third kappa shape index (κ3) is 2.41. The number of nitrogens with zero attached hydrogens (tertiary/aromatic N) is 4. The van der Waals surface area contributed by atoms with E-state index >= 15 is 0 Å². The minimum absolute atomic E-state index is 0.216. The highest BCUT2D eigenvalue weighted by Crippen LogP contribution is 2.31. The van der Waals surface area contributed by atoms with Crippen LogP contribution >= 0.6 is 0 Å². The number of hydrogen-bond donors (Lipinski definition) is 1. The summed E-state index contributed by atoms with van der Waals surface area (Å²) in [5, 5.41) is 4.68. The van der Waals surface area contributed by atoms with Crippen LogP contribution in [-0.2, 0) is 0 Å². The fourth-order valence-electron chi connectivity index (χ4n) is 3.12. The molecule has 0 saturated carbocycles. The van der Waals surface area contributed by atoms with Crippen LogP contribution in [0.1, 0.15) is 6.42 Å². The third-order valence-corrected chi connectivity index (χ3v) is 4.28. The van der Waals surface area contributed by atoms with E-state index in [4.69, 9.17) is 10.5 Å². The molecule has 0 aliphatic carbocycles. The summed E-state index contributed by atoms with van der Waals surface area (Å²) in [5.41, 5.74) is 8.87. The van der Waals surface area contributed by atoms with Gasteiger partial charge in [0.05, 0.1) is 12.8 Å². The maximum absolute atomic E-state index is 6.03. The SMILES string of the molecule is COc1ccccc1-c1cc2c(N3CCC(N)C3)nccn2n1. The van der Waals surface area contributed by atoms with Crippen LogP contribution in [0.3, 0.4) is 0 Å². The summed E-state index contributed by atoms with van der Waals surface area (Å²) in [6, 6.07) is 10.2. The van der Waals surface area contributed by atoms with Gasteiger partial charge < -0.3 is 15.4 Å². The summed E-state index contributed by atoms with van der Waals surface area (Å²) >= 11 is 0. The molecule has 6 heteroatoms. The van der Waals surface area contributed by atoms with Crippen molar-refractivity contribution in [2.24, 2.45) is 5.73 Å². The Morgan fingerprint density at radius 3 is 2.96 bits per heavy atom. The average molecular weight is 309 g/mol. The number of benzene rings is 1. The molecule has 0 spiro atoms. The minimum atomic E-state index is 0.216. The van der Waals surface area contributed by atoms with Gasteiger partial charge in [0.15, 0.2) is 5.82 Å². The molecule has 2 aromatic heterocycles. The molecule has 1 aliphatic rings. The van der Waals surface area contributed by atoms with Crippen molar-refractivity contribution in [2.75, 3.05) is 25.1 Å². The first-order chi connectivity index (χ1) is 11.3. The van der Waals surface area contributed by atoms with Crippen molar-refractivity contribution in [3.05, 3.63) is 42.7 Å². The number of methoxy groups -OCH3 is 1. The number of ether oxygens (including phenoxy) is 1. The second kappa shape index (κ2) is 5.55. The molecule has 1 unspecified atom stereocenters. The predicted molar refractivity (Wildman–Crippen MR) is 89.8 cm³/mol. The lowest BCUT2D eigenvalue weighted by Crippen LogP contribution is -2.27. The number of rotatable bonds is 3. The van der Waals surface area contributed by atoms with Gasteiger partial charge in [-0.3, -0.25) is 0 Å². The molecule has 3 heterocycles. The summed E-state index contributed by atoms with van der Waals surface area (Å²) < 4.78 is 7.32. The van der Waals surface area contributed by atoms with E-state index in [-0.39, 0.29) is 6.04 Å². The minimum Gasteiger partial charge on any atom is -0.496 e. The normalized spacial score (nSPS) is 17.8. The number of fused-ring (bicyclic) bond motifs is 1. The standard InChI is InChI=1S/C17H19N5O/c1-23-16-5-3-2-4-13(16)14-10-15-17(19-7-9-22(15)20-14)21-8-6-12(18)11-21/h2-5,7,9-10,12H,6,8,11,18H2,1H3. The van der Waals surface area contributed by atoms with Crippen molar-refractivity contribution >= 4 is 11.3 Å². The molecule has 0 bridgehead atoms. The van der Waals surface area contributed by atoms with Gasteiger partial charge in [-0.05, 0) is 24.6 Å². The molecule has 2 N–H and O–H groups in total. The Bertz CT molecular complexity index is 844. The van der Waals surface area contributed by atoms with Gasteiger partial charge in [-0.15, -0.1) is 0 Å². The van der Waals surface area contributed by atoms with E-state index in [9.17, 15) is 0 Å². The molecule has 1 fully saturated rings. The van der Waals surface area contributed by atoms with Gasteiger partial charge in [0, 0.05) is 37.1 Å². The lowest BCUT2D eigenvalue weighted by Gasteiger charge is -2.17. The molecule has 23 heavy (non-hydrogen) atoms. The number of hydrogen-bond acceptors (Lipinski definition) is 5. The molecule has 4 rings (SSSR count). The monoisotopic (exact) mass is 309 g/mol. The summed E-state index contributed by atoms with van der Waals surface area (Å²) in [6.07, 6.45) is 4.65. The highest BCUT2D eigenvalue weighted by atomic mass is 16.5. The van der Waals surface area contributed by atoms with Crippen LogP contribution in [0.15, 0.2) is 42.7 Å². The zero-order valence-electron chi connectivity index (χ0n) is 13.0. The molecule has 1 aliphatic heterocycles. The molecule has 1 saturated heterocycles. The van der Waals surface area contributed by atoms with Gasteiger partial charge in [0.2, 0.25) is 0 Å². The maximum atomic E-state index is 6.03. The van der Waals surface area contributed by atoms with Crippen LogP contribution in [0.25, 0.3) is 16.8 Å².